The fraction of sp³-hybridized carbons (Fsp3) is 0.0833. The Balaban J connectivity index is 1.98. The molecule has 0 aliphatic carbocycles. The van der Waals surface area contributed by atoms with Gasteiger partial charge in [0, 0.05) is 16.6 Å². The second-order valence-electron chi connectivity index (χ2n) is 3.32. The van der Waals surface area contributed by atoms with Crippen LogP contribution in [0.5, 0.6) is 0 Å². The largest absolute Gasteiger partial charge is 0.348 e. The zero-order chi connectivity index (χ0) is 11.4. The van der Waals surface area contributed by atoms with Crippen LogP contribution in [0.1, 0.15) is 15.9 Å². The fourth-order valence-corrected chi connectivity index (χ4v) is 2.38. The van der Waals surface area contributed by atoms with Gasteiger partial charge in [-0.25, -0.2) is 0 Å². The highest BCUT2D eigenvalue weighted by Gasteiger charge is 2.05. The highest BCUT2D eigenvalue weighted by molar-refractivity contribution is 9.10. The molecule has 1 aromatic heterocycles. The Morgan fingerprint density at radius 2 is 2.25 bits per heavy atom. The molecule has 0 radical (unpaired) electrons. The van der Waals surface area contributed by atoms with E-state index in [1.165, 1.54) is 0 Å². The predicted molar refractivity (Wildman–Crippen MR) is 69.6 cm³/mol. The van der Waals surface area contributed by atoms with Gasteiger partial charge in [0.15, 0.2) is 0 Å². The van der Waals surface area contributed by atoms with Crippen molar-refractivity contribution in [3.8, 4) is 0 Å². The summed E-state index contributed by atoms with van der Waals surface area (Å²) in [6, 6.07) is 9.36. The van der Waals surface area contributed by atoms with Gasteiger partial charge in [-0.2, -0.15) is 11.3 Å². The fourth-order valence-electron chi connectivity index (χ4n) is 1.31. The van der Waals surface area contributed by atoms with Crippen LogP contribution in [0.25, 0.3) is 0 Å². The number of hydrogen-bond donors (Lipinski definition) is 1. The maximum absolute atomic E-state index is 11.8. The van der Waals surface area contributed by atoms with Gasteiger partial charge in [-0.15, -0.1) is 0 Å². The molecular weight excluding hydrogens is 286 g/mol. The van der Waals surface area contributed by atoms with Gasteiger partial charge in [-0.05, 0) is 40.6 Å². The molecule has 2 aromatic rings. The van der Waals surface area contributed by atoms with E-state index in [9.17, 15) is 4.79 Å². The maximum Gasteiger partial charge on any atom is 0.251 e. The molecule has 0 saturated carbocycles. The Hall–Kier alpha value is -1.13. The number of nitrogens with one attached hydrogen (secondary N) is 1. The SMILES string of the molecule is O=C(NCc1ccsc1)c1cccc(Br)c1. The molecule has 1 aromatic carbocycles. The summed E-state index contributed by atoms with van der Waals surface area (Å²) in [6.07, 6.45) is 0. The molecule has 1 N–H and O–H groups in total. The maximum atomic E-state index is 11.8. The van der Waals surface area contributed by atoms with E-state index in [0.29, 0.717) is 12.1 Å². The van der Waals surface area contributed by atoms with Crippen molar-refractivity contribution in [3.05, 3.63) is 56.7 Å². The minimum atomic E-state index is -0.0486. The minimum Gasteiger partial charge on any atom is -0.348 e. The Morgan fingerprint density at radius 3 is 2.94 bits per heavy atom. The molecule has 1 heterocycles. The highest BCUT2D eigenvalue weighted by Crippen LogP contribution is 2.12. The first-order valence-electron chi connectivity index (χ1n) is 4.80. The Kier molecular flexibility index (Phi) is 3.74. The van der Waals surface area contributed by atoms with Gasteiger partial charge in [-0.1, -0.05) is 22.0 Å². The summed E-state index contributed by atoms with van der Waals surface area (Å²) in [5, 5.41) is 6.91. The molecule has 0 atom stereocenters. The third kappa shape index (κ3) is 2.93. The predicted octanol–water partition coefficient (Wildman–Crippen LogP) is 3.44. The van der Waals surface area contributed by atoms with E-state index in [1.807, 2.05) is 35.0 Å². The molecule has 82 valence electrons. The molecule has 0 unspecified atom stereocenters. The summed E-state index contributed by atoms with van der Waals surface area (Å²) in [6.45, 7) is 0.578. The van der Waals surface area contributed by atoms with Gasteiger partial charge in [-0.3, -0.25) is 4.79 Å². The second-order valence-corrected chi connectivity index (χ2v) is 5.02. The van der Waals surface area contributed by atoms with Crippen molar-refractivity contribution in [2.45, 2.75) is 6.54 Å². The standard InChI is InChI=1S/C12H10BrNOS/c13-11-3-1-2-10(6-11)12(15)14-7-9-4-5-16-8-9/h1-6,8H,7H2,(H,14,15). The molecule has 0 bridgehead atoms. The molecule has 0 saturated heterocycles. The van der Waals surface area contributed by atoms with Crippen molar-refractivity contribution in [2.24, 2.45) is 0 Å². The third-order valence-electron chi connectivity index (χ3n) is 2.12. The average Bonchev–Trinajstić information content (AvgIpc) is 2.78. The molecule has 0 aliphatic rings. The number of halogens is 1. The summed E-state index contributed by atoms with van der Waals surface area (Å²) in [7, 11) is 0. The summed E-state index contributed by atoms with van der Waals surface area (Å²) in [5.41, 5.74) is 1.80. The Labute approximate surface area is 106 Å². The van der Waals surface area contributed by atoms with Crippen molar-refractivity contribution in [2.75, 3.05) is 0 Å². The molecule has 0 aliphatic heterocycles. The lowest BCUT2D eigenvalue weighted by Gasteiger charge is -2.03. The first-order valence-corrected chi connectivity index (χ1v) is 6.54. The van der Waals surface area contributed by atoms with E-state index >= 15 is 0 Å². The number of hydrogen-bond acceptors (Lipinski definition) is 2. The van der Waals surface area contributed by atoms with E-state index < -0.39 is 0 Å². The topological polar surface area (TPSA) is 29.1 Å². The highest BCUT2D eigenvalue weighted by atomic mass is 79.9. The lowest BCUT2D eigenvalue weighted by atomic mass is 10.2. The van der Waals surface area contributed by atoms with Crippen LogP contribution < -0.4 is 5.32 Å². The van der Waals surface area contributed by atoms with Crippen LogP contribution in [0.15, 0.2) is 45.6 Å². The monoisotopic (exact) mass is 295 g/mol. The van der Waals surface area contributed by atoms with Gasteiger partial charge < -0.3 is 5.32 Å². The van der Waals surface area contributed by atoms with Crippen molar-refractivity contribution >= 4 is 33.2 Å². The van der Waals surface area contributed by atoms with Crippen molar-refractivity contribution < 1.29 is 4.79 Å². The van der Waals surface area contributed by atoms with Gasteiger partial charge in [0.25, 0.3) is 5.91 Å². The van der Waals surface area contributed by atoms with Gasteiger partial charge >= 0.3 is 0 Å². The summed E-state index contributed by atoms with van der Waals surface area (Å²) in [5.74, 6) is -0.0486. The molecule has 16 heavy (non-hydrogen) atoms. The van der Waals surface area contributed by atoms with Crippen LogP contribution >= 0.6 is 27.3 Å². The molecule has 0 fully saturated rings. The van der Waals surface area contributed by atoms with E-state index in [1.54, 1.807) is 17.4 Å². The van der Waals surface area contributed by atoms with E-state index in [0.717, 1.165) is 10.0 Å². The zero-order valence-corrected chi connectivity index (χ0v) is 10.8. The average molecular weight is 296 g/mol. The van der Waals surface area contributed by atoms with Gasteiger partial charge in [0.05, 0.1) is 0 Å². The molecular formula is C12H10BrNOS. The molecule has 4 heteroatoms. The summed E-state index contributed by atoms with van der Waals surface area (Å²) >= 11 is 4.97. The summed E-state index contributed by atoms with van der Waals surface area (Å²) < 4.78 is 0.913. The van der Waals surface area contributed by atoms with Crippen LogP contribution in [0.4, 0.5) is 0 Å². The number of amides is 1. The first-order chi connectivity index (χ1) is 7.75. The van der Waals surface area contributed by atoms with Gasteiger partial charge in [0.1, 0.15) is 0 Å². The quantitative estimate of drug-likeness (QED) is 0.923. The number of benzene rings is 1. The van der Waals surface area contributed by atoms with Crippen LogP contribution in [-0.4, -0.2) is 5.91 Å². The Bertz CT molecular complexity index is 482. The molecule has 2 nitrogen and oxygen atoms in total. The summed E-state index contributed by atoms with van der Waals surface area (Å²) in [4.78, 5) is 11.8. The molecule has 2 rings (SSSR count). The number of carbonyl (C=O) groups excluding carboxylic acids is 1. The molecule has 0 spiro atoms. The van der Waals surface area contributed by atoms with Crippen LogP contribution in [0.3, 0.4) is 0 Å². The lowest BCUT2D eigenvalue weighted by Crippen LogP contribution is -2.22. The number of carbonyl (C=O) groups is 1. The number of thiophene rings is 1. The van der Waals surface area contributed by atoms with Crippen LogP contribution in [0, 0.1) is 0 Å². The smallest absolute Gasteiger partial charge is 0.251 e. The number of rotatable bonds is 3. The van der Waals surface area contributed by atoms with Crippen molar-refractivity contribution in [3.63, 3.8) is 0 Å². The van der Waals surface area contributed by atoms with Crippen molar-refractivity contribution in [1.82, 2.24) is 5.32 Å². The van der Waals surface area contributed by atoms with E-state index in [-0.39, 0.29) is 5.91 Å². The molecule has 1 amide bonds. The van der Waals surface area contributed by atoms with Crippen molar-refractivity contribution in [1.29, 1.82) is 0 Å². The van der Waals surface area contributed by atoms with Gasteiger partial charge in [0.2, 0.25) is 0 Å². The first kappa shape index (κ1) is 11.4. The van der Waals surface area contributed by atoms with Crippen LogP contribution in [-0.2, 0) is 6.54 Å². The lowest BCUT2D eigenvalue weighted by molar-refractivity contribution is 0.0951. The second kappa shape index (κ2) is 5.27. The normalized spacial score (nSPS) is 10.1. The van der Waals surface area contributed by atoms with Crippen LogP contribution in [0.2, 0.25) is 0 Å². The van der Waals surface area contributed by atoms with E-state index in [4.69, 9.17) is 0 Å². The Morgan fingerprint density at radius 1 is 1.38 bits per heavy atom. The third-order valence-corrected chi connectivity index (χ3v) is 3.35. The minimum absolute atomic E-state index is 0.0486. The van der Waals surface area contributed by atoms with E-state index in [2.05, 4.69) is 21.2 Å². The zero-order valence-electron chi connectivity index (χ0n) is 8.44.